The Morgan fingerprint density at radius 2 is 1.57 bits per heavy atom. The van der Waals surface area contributed by atoms with E-state index in [-0.39, 0.29) is 4.90 Å². The van der Waals surface area contributed by atoms with Gasteiger partial charge < -0.3 is 9.47 Å². The first-order valence-corrected chi connectivity index (χ1v) is 11.1. The van der Waals surface area contributed by atoms with Gasteiger partial charge in [-0.05, 0) is 31.5 Å². The molecule has 1 saturated heterocycles. The third kappa shape index (κ3) is 4.84. The van der Waals surface area contributed by atoms with Crippen molar-refractivity contribution in [3.05, 3.63) is 54.1 Å². The van der Waals surface area contributed by atoms with Gasteiger partial charge in [-0.3, -0.25) is 4.90 Å². The maximum absolute atomic E-state index is 13.3. The van der Waals surface area contributed by atoms with E-state index in [2.05, 4.69) is 17.0 Å². The lowest BCUT2D eigenvalue weighted by Gasteiger charge is -2.34. The molecule has 0 aromatic heterocycles. The van der Waals surface area contributed by atoms with Gasteiger partial charge in [-0.25, -0.2) is 8.42 Å². The highest BCUT2D eigenvalue weighted by atomic mass is 32.2. The fourth-order valence-corrected chi connectivity index (χ4v) is 4.90. The van der Waals surface area contributed by atoms with Crippen LogP contribution in [0.1, 0.15) is 19.4 Å². The number of nitrogens with zero attached hydrogens (tertiary/aromatic N) is 2. The van der Waals surface area contributed by atoms with E-state index in [1.165, 1.54) is 5.56 Å². The molecule has 0 aliphatic carbocycles. The quantitative estimate of drug-likeness (QED) is 0.677. The predicted molar refractivity (Wildman–Crippen MR) is 109 cm³/mol. The highest BCUT2D eigenvalue weighted by Gasteiger charge is 2.31. The first kappa shape index (κ1) is 20.6. The first-order valence-electron chi connectivity index (χ1n) is 9.70. The Kier molecular flexibility index (Phi) is 6.93. The summed E-state index contributed by atoms with van der Waals surface area (Å²) >= 11 is 0. The molecule has 28 heavy (non-hydrogen) atoms. The van der Waals surface area contributed by atoms with Gasteiger partial charge in [0.1, 0.15) is 16.4 Å². The molecule has 0 saturated carbocycles. The minimum absolute atomic E-state index is 0.178. The summed E-state index contributed by atoms with van der Waals surface area (Å²) in [5.41, 5.74) is 1.24. The van der Waals surface area contributed by atoms with E-state index in [0.29, 0.717) is 50.9 Å². The molecule has 1 fully saturated rings. The highest BCUT2D eigenvalue weighted by molar-refractivity contribution is 7.89. The van der Waals surface area contributed by atoms with Crippen LogP contribution in [0.25, 0.3) is 0 Å². The molecule has 2 aromatic carbocycles. The van der Waals surface area contributed by atoms with Crippen LogP contribution in [0.4, 0.5) is 0 Å². The SMILES string of the molecule is CCOc1ccc(OCC)c(S(=O)(=O)N2CCN(Cc3ccccc3)CC2)c1. The van der Waals surface area contributed by atoms with Gasteiger partial charge >= 0.3 is 0 Å². The van der Waals surface area contributed by atoms with Crippen LogP contribution in [-0.2, 0) is 16.6 Å². The Bertz CT molecular complexity index is 863. The van der Waals surface area contributed by atoms with Gasteiger partial charge in [-0.15, -0.1) is 0 Å². The molecule has 0 spiro atoms. The lowest BCUT2D eigenvalue weighted by molar-refractivity contribution is 0.181. The first-order chi connectivity index (χ1) is 13.5. The number of sulfonamides is 1. The molecule has 0 amide bonds. The zero-order valence-corrected chi connectivity index (χ0v) is 17.3. The summed E-state index contributed by atoms with van der Waals surface area (Å²) < 4.78 is 39.2. The maximum Gasteiger partial charge on any atom is 0.246 e. The molecule has 1 aliphatic heterocycles. The second kappa shape index (κ2) is 9.41. The van der Waals surface area contributed by atoms with Gasteiger partial charge in [0.05, 0.1) is 13.2 Å². The molecular formula is C21H28N2O4S. The molecule has 0 N–H and O–H groups in total. The highest BCUT2D eigenvalue weighted by Crippen LogP contribution is 2.31. The summed E-state index contributed by atoms with van der Waals surface area (Å²) in [6, 6.07) is 15.2. The molecule has 1 heterocycles. The van der Waals surface area contributed by atoms with Crippen LogP contribution >= 0.6 is 0 Å². The lowest BCUT2D eigenvalue weighted by Crippen LogP contribution is -2.48. The van der Waals surface area contributed by atoms with Gasteiger partial charge in [0.25, 0.3) is 0 Å². The van der Waals surface area contributed by atoms with Crippen molar-refractivity contribution >= 4 is 10.0 Å². The molecule has 6 nitrogen and oxygen atoms in total. The smallest absolute Gasteiger partial charge is 0.246 e. The second-order valence-electron chi connectivity index (χ2n) is 6.64. The van der Waals surface area contributed by atoms with E-state index in [4.69, 9.17) is 9.47 Å². The minimum Gasteiger partial charge on any atom is -0.494 e. The van der Waals surface area contributed by atoms with Gasteiger partial charge in [0, 0.05) is 38.8 Å². The number of hydrogen-bond acceptors (Lipinski definition) is 5. The van der Waals surface area contributed by atoms with Crippen molar-refractivity contribution in [2.75, 3.05) is 39.4 Å². The van der Waals surface area contributed by atoms with Crippen molar-refractivity contribution in [2.24, 2.45) is 0 Å². The van der Waals surface area contributed by atoms with E-state index < -0.39 is 10.0 Å². The summed E-state index contributed by atoms with van der Waals surface area (Å²) in [6.07, 6.45) is 0. The number of hydrogen-bond donors (Lipinski definition) is 0. The summed E-state index contributed by atoms with van der Waals surface area (Å²) in [5.74, 6) is 0.907. The monoisotopic (exact) mass is 404 g/mol. The van der Waals surface area contributed by atoms with E-state index in [9.17, 15) is 8.42 Å². The Morgan fingerprint density at radius 3 is 2.21 bits per heavy atom. The second-order valence-corrected chi connectivity index (χ2v) is 8.55. The average molecular weight is 405 g/mol. The topological polar surface area (TPSA) is 59.1 Å². The fraction of sp³-hybridized carbons (Fsp3) is 0.429. The summed E-state index contributed by atoms with van der Waals surface area (Å²) in [6.45, 7) is 7.74. The normalized spacial score (nSPS) is 16.1. The van der Waals surface area contributed by atoms with Crippen LogP contribution in [0, 0.1) is 0 Å². The van der Waals surface area contributed by atoms with Crippen LogP contribution in [-0.4, -0.2) is 57.0 Å². The molecule has 2 aromatic rings. The van der Waals surface area contributed by atoms with Crippen molar-refractivity contribution < 1.29 is 17.9 Å². The van der Waals surface area contributed by atoms with Crippen molar-refractivity contribution in [2.45, 2.75) is 25.3 Å². The molecule has 152 valence electrons. The lowest BCUT2D eigenvalue weighted by atomic mass is 10.2. The van der Waals surface area contributed by atoms with Crippen molar-refractivity contribution in [1.29, 1.82) is 0 Å². The van der Waals surface area contributed by atoms with Crippen LogP contribution in [0.15, 0.2) is 53.4 Å². The van der Waals surface area contributed by atoms with Crippen LogP contribution in [0.2, 0.25) is 0 Å². The Labute approximate surface area is 167 Å². The minimum atomic E-state index is -3.65. The molecule has 0 radical (unpaired) electrons. The molecular weight excluding hydrogens is 376 g/mol. The van der Waals surface area contributed by atoms with Gasteiger partial charge in [-0.1, -0.05) is 30.3 Å². The number of rotatable bonds is 8. The van der Waals surface area contributed by atoms with Crippen LogP contribution in [0.3, 0.4) is 0 Å². The van der Waals surface area contributed by atoms with Crippen molar-refractivity contribution in [3.63, 3.8) is 0 Å². The molecule has 7 heteroatoms. The third-order valence-electron chi connectivity index (χ3n) is 4.72. The van der Waals surface area contributed by atoms with Crippen molar-refractivity contribution in [3.8, 4) is 11.5 Å². The number of piperazine rings is 1. The number of benzene rings is 2. The average Bonchev–Trinajstić information content (AvgIpc) is 2.71. The van der Waals surface area contributed by atoms with E-state index in [1.54, 1.807) is 22.5 Å². The fourth-order valence-electron chi connectivity index (χ4n) is 3.33. The predicted octanol–water partition coefficient (Wildman–Crippen LogP) is 2.99. The third-order valence-corrected chi connectivity index (χ3v) is 6.64. The van der Waals surface area contributed by atoms with Gasteiger partial charge in [-0.2, -0.15) is 4.31 Å². The molecule has 1 aliphatic rings. The van der Waals surface area contributed by atoms with Gasteiger partial charge in [0.2, 0.25) is 10.0 Å². The Hall–Kier alpha value is -2.09. The standard InChI is InChI=1S/C21H28N2O4S/c1-3-26-19-10-11-20(27-4-2)21(16-19)28(24,25)23-14-12-22(13-15-23)17-18-8-6-5-7-9-18/h5-11,16H,3-4,12-15,17H2,1-2H3. The molecule has 0 bridgehead atoms. The summed E-state index contributed by atoms with van der Waals surface area (Å²) in [7, 11) is -3.65. The zero-order valence-electron chi connectivity index (χ0n) is 16.5. The van der Waals surface area contributed by atoms with E-state index in [0.717, 1.165) is 6.54 Å². The van der Waals surface area contributed by atoms with Crippen molar-refractivity contribution in [1.82, 2.24) is 9.21 Å². The molecule has 3 rings (SSSR count). The largest absolute Gasteiger partial charge is 0.494 e. The number of ether oxygens (including phenoxy) is 2. The Morgan fingerprint density at radius 1 is 0.893 bits per heavy atom. The summed E-state index contributed by atoms with van der Waals surface area (Å²) in [5, 5.41) is 0. The van der Waals surface area contributed by atoms with E-state index >= 15 is 0 Å². The summed E-state index contributed by atoms with van der Waals surface area (Å²) in [4.78, 5) is 2.46. The Balaban J connectivity index is 1.73. The maximum atomic E-state index is 13.3. The molecule has 0 unspecified atom stereocenters. The molecule has 0 atom stereocenters. The zero-order chi connectivity index (χ0) is 20.0. The van der Waals surface area contributed by atoms with Crippen LogP contribution in [0.5, 0.6) is 11.5 Å². The van der Waals surface area contributed by atoms with E-state index in [1.807, 2.05) is 32.0 Å². The van der Waals surface area contributed by atoms with Crippen LogP contribution < -0.4 is 9.47 Å². The van der Waals surface area contributed by atoms with Gasteiger partial charge in [0.15, 0.2) is 0 Å².